The summed E-state index contributed by atoms with van der Waals surface area (Å²) in [5.74, 6) is 1.08. The van der Waals surface area contributed by atoms with E-state index in [1.54, 1.807) is 4.52 Å². The molecule has 2 aromatic rings. The molecule has 1 N–H and O–H groups in total. The fourth-order valence-corrected chi connectivity index (χ4v) is 10.7. The number of aromatic nitrogens is 4. The van der Waals surface area contributed by atoms with Gasteiger partial charge in [0.15, 0.2) is 5.82 Å². The first-order valence-electron chi connectivity index (χ1n) is 12.4. The highest BCUT2D eigenvalue weighted by atomic mass is 28.4. The van der Waals surface area contributed by atoms with Crippen molar-refractivity contribution in [2.45, 2.75) is 114 Å². The number of hydrogen-bond donors (Lipinski definition) is 1. The van der Waals surface area contributed by atoms with Crippen LogP contribution in [0.5, 0.6) is 0 Å². The summed E-state index contributed by atoms with van der Waals surface area (Å²) >= 11 is 0. The van der Waals surface area contributed by atoms with Gasteiger partial charge in [-0.3, -0.25) is 9.59 Å². The van der Waals surface area contributed by atoms with Gasteiger partial charge in [0.1, 0.15) is 12.1 Å². The van der Waals surface area contributed by atoms with Crippen LogP contribution in [0.25, 0.3) is 5.52 Å². The summed E-state index contributed by atoms with van der Waals surface area (Å²) in [6.07, 6.45) is 4.06. The molecule has 33 heavy (non-hydrogen) atoms. The average Bonchev–Trinajstić information content (AvgIpc) is 3.45. The van der Waals surface area contributed by atoms with Crippen molar-refractivity contribution in [3.05, 3.63) is 27.9 Å². The van der Waals surface area contributed by atoms with Crippen molar-refractivity contribution in [1.29, 1.82) is 0 Å². The second-order valence-corrected chi connectivity index (χ2v) is 16.4. The van der Waals surface area contributed by atoms with Crippen LogP contribution in [0.2, 0.25) is 17.1 Å². The molecule has 0 aromatic carbocycles. The summed E-state index contributed by atoms with van der Waals surface area (Å²) in [6.45, 7) is 15.2. The Labute approximate surface area is 196 Å². The Hall–Kier alpha value is -2.00. The summed E-state index contributed by atoms with van der Waals surface area (Å²) in [5, 5.41) is 12.6. The summed E-state index contributed by atoms with van der Waals surface area (Å²) in [4.78, 5) is 26.2. The third-order valence-electron chi connectivity index (χ3n) is 8.40. The molecule has 3 fully saturated rings. The quantitative estimate of drug-likeness (QED) is 0.649. The molecule has 1 aliphatic heterocycles. The predicted octanol–water partition coefficient (Wildman–Crippen LogP) is 3.70. The number of nitrogens with one attached hydrogen (secondary N) is 1. The van der Waals surface area contributed by atoms with Crippen LogP contribution in [-0.2, 0) is 15.8 Å². The first-order chi connectivity index (χ1) is 15.4. The maximum Gasteiger partial charge on any atom is 0.293 e. The van der Waals surface area contributed by atoms with E-state index in [1.807, 2.05) is 19.9 Å². The third kappa shape index (κ3) is 3.33. The van der Waals surface area contributed by atoms with Crippen LogP contribution < -0.4 is 10.9 Å². The van der Waals surface area contributed by atoms with Gasteiger partial charge in [0, 0.05) is 23.4 Å². The Morgan fingerprint density at radius 1 is 1.33 bits per heavy atom. The highest BCUT2D eigenvalue weighted by Gasteiger charge is 2.75. The SMILES string of the molecule is CC[C@]12C[C@@H](NC(=O)Cn3nc(C(C)C)n4nc(C5CC5)cc4c3=O)C1[Si](C)(C(C)(C)C)O2. The maximum atomic E-state index is 13.2. The van der Waals surface area contributed by atoms with Gasteiger partial charge in [-0.15, -0.1) is 0 Å². The van der Waals surface area contributed by atoms with Gasteiger partial charge in [0.2, 0.25) is 14.2 Å². The molecule has 3 heterocycles. The zero-order valence-electron chi connectivity index (χ0n) is 20.9. The van der Waals surface area contributed by atoms with E-state index in [2.05, 4.69) is 49.8 Å². The van der Waals surface area contributed by atoms with Crippen molar-refractivity contribution in [1.82, 2.24) is 24.7 Å². The lowest BCUT2D eigenvalue weighted by molar-refractivity contribution is -0.137. The van der Waals surface area contributed by atoms with Crippen molar-refractivity contribution in [2.24, 2.45) is 0 Å². The van der Waals surface area contributed by atoms with Gasteiger partial charge >= 0.3 is 0 Å². The van der Waals surface area contributed by atoms with Gasteiger partial charge in [-0.05, 0) is 43.3 Å². The van der Waals surface area contributed by atoms with E-state index in [0.29, 0.717) is 22.8 Å². The molecule has 8 nitrogen and oxygen atoms in total. The number of rotatable bonds is 6. The number of carbonyl (C=O) groups is 1. The second-order valence-electron chi connectivity index (χ2n) is 11.8. The minimum atomic E-state index is -1.98. The topological polar surface area (TPSA) is 90.5 Å². The fraction of sp³-hybridized carbons (Fsp3) is 0.750. The van der Waals surface area contributed by atoms with E-state index in [-0.39, 0.29) is 40.6 Å². The van der Waals surface area contributed by atoms with Crippen molar-refractivity contribution in [3.63, 3.8) is 0 Å². The van der Waals surface area contributed by atoms with Crippen LogP contribution in [0.3, 0.4) is 0 Å². The Morgan fingerprint density at radius 2 is 2.03 bits per heavy atom. The summed E-state index contributed by atoms with van der Waals surface area (Å²) < 4.78 is 9.61. The van der Waals surface area contributed by atoms with Gasteiger partial charge in [0.05, 0.1) is 11.3 Å². The lowest BCUT2D eigenvalue weighted by atomic mass is 9.72. The van der Waals surface area contributed by atoms with E-state index >= 15 is 0 Å². The molecule has 9 heteroatoms. The van der Waals surface area contributed by atoms with E-state index in [1.165, 1.54) is 4.68 Å². The molecular formula is C24H37N5O3Si. The van der Waals surface area contributed by atoms with Crippen LogP contribution >= 0.6 is 0 Å². The lowest BCUT2D eigenvalue weighted by Crippen LogP contribution is -2.82. The van der Waals surface area contributed by atoms with Gasteiger partial charge in [-0.2, -0.15) is 10.2 Å². The van der Waals surface area contributed by atoms with Crippen molar-refractivity contribution in [3.8, 4) is 0 Å². The number of carbonyl (C=O) groups excluding carboxylic acids is 1. The summed E-state index contributed by atoms with van der Waals surface area (Å²) in [6, 6.07) is 2.00. The van der Waals surface area contributed by atoms with Crippen LogP contribution in [0.4, 0.5) is 0 Å². The highest BCUT2D eigenvalue weighted by molar-refractivity contribution is 6.80. The zero-order valence-corrected chi connectivity index (χ0v) is 21.9. The van der Waals surface area contributed by atoms with Crippen molar-refractivity contribution < 1.29 is 9.22 Å². The van der Waals surface area contributed by atoms with Gasteiger partial charge < -0.3 is 9.74 Å². The predicted molar refractivity (Wildman–Crippen MR) is 129 cm³/mol. The van der Waals surface area contributed by atoms with E-state index in [9.17, 15) is 9.59 Å². The van der Waals surface area contributed by atoms with Gasteiger partial charge in [-0.1, -0.05) is 41.5 Å². The molecule has 3 aliphatic rings. The Kier molecular flexibility index (Phi) is 5.00. The van der Waals surface area contributed by atoms with Crippen LogP contribution in [0.15, 0.2) is 10.9 Å². The maximum absolute atomic E-state index is 13.2. The second kappa shape index (κ2) is 7.25. The minimum Gasteiger partial charge on any atom is -0.410 e. The number of fused-ring (bicyclic) bond motifs is 2. The molecule has 2 aromatic heterocycles. The molecule has 2 saturated carbocycles. The van der Waals surface area contributed by atoms with Crippen molar-refractivity contribution in [2.75, 3.05) is 0 Å². The molecule has 2 unspecified atom stereocenters. The number of amides is 1. The molecule has 0 spiro atoms. The van der Waals surface area contributed by atoms with Crippen LogP contribution in [0.1, 0.15) is 90.6 Å². The normalized spacial score (nSPS) is 31.3. The molecule has 2 aliphatic carbocycles. The molecule has 0 bridgehead atoms. The highest BCUT2D eigenvalue weighted by Crippen LogP contribution is 2.69. The van der Waals surface area contributed by atoms with Crippen molar-refractivity contribution >= 4 is 19.7 Å². The molecule has 0 radical (unpaired) electrons. The van der Waals surface area contributed by atoms with Gasteiger partial charge in [-0.25, -0.2) is 9.20 Å². The van der Waals surface area contributed by atoms with Gasteiger partial charge in [0.25, 0.3) is 5.56 Å². The molecule has 180 valence electrons. The molecule has 1 amide bonds. The van der Waals surface area contributed by atoms with E-state index < -0.39 is 8.32 Å². The zero-order chi connectivity index (χ0) is 23.9. The third-order valence-corrected chi connectivity index (χ3v) is 14.3. The largest absolute Gasteiger partial charge is 0.410 e. The smallest absolute Gasteiger partial charge is 0.293 e. The Bertz CT molecular complexity index is 1180. The minimum absolute atomic E-state index is 0.0676. The number of hydrogen-bond acceptors (Lipinski definition) is 5. The molecule has 5 rings (SSSR count). The molecule has 4 atom stereocenters. The average molecular weight is 472 g/mol. The summed E-state index contributed by atoms with van der Waals surface area (Å²) in [7, 11) is -1.98. The monoisotopic (exact) mass is 471 g/mol. The first-order valence-corrected chi connectivity index (χ1v) is 14.9. The van der Waals surface area contributed by atoms with E-state index in [0.717, 1.165) is 31.4 Å². The summed E-state index contributed by atoms with van der Waals surface area (Å²) in [5.41, 5.74) is 1.55. The lowest BCUT2D eigenvalue weighted by Gasteiger charge is -2.74. The Balaban J connectivity index is 1.38. The Morgan fingerprint density at radius 3 is 2.61 bits per heavy atom. The molecular weight excluding hydrogens is 434 g/mol. The first kappa shape index (κ1) is 22.8. The van der Waals surface area contributed by atoms with Crippen LogP contribution in [-0.4, -0.2) is 45.3 Å². The van der Waals surface area contributed by atoms with Crippen LogP contribution in [0, 0.1) is 0 Å². The number of nitrogens with zero attached hydrogens (tertiary/aromatic N) is 4. The standard InChI is InChI=1S/C24H37N5O3Si/c1-8-24-12-17(20(24)33(7,32-24)23(4,5)6)25-19(30)13-28-22(31)18-11-16(15-9-10-15)26-29(18)21(27-28)14(2)3/h11,14-15,17,20H,8-10,12-13H2,1-7H3,(H,25,30)/t17-,20?,24+,33?/m1/s1. The fourth-order valence-electron chi connectivity index (χ4n) is 5.94. The van der Waals surface area contributed by atoms with E-state index in [4.69, 9.17) is 4.43 Å². The molecule has 1 saturated heterocycles.